The van der Waals surface area contributed by atoms with Gasteiger partial charge in [-0.15, -0.1) is 0 Å². The molecular weight excluding hydrogens is 498 g/mol. The molecule has 0 spiro atoms. The van der Waals surface area contributed by atoms with Gasteiger partial charge in [0.15, 0.2) is 0 Å². The first kappa shape index (κ1) is 25.7. The zero-order valence-corrected chi connectivity index (χ0v) is 21.0. The number of H-pyrrole nitrogens is 3. The van der Waals surface area contributed by atoms with Crippen molar-refractivity contribution in [1.29, 1.82) is 0 Å². The zero-order valence-electron chi connectivity index (χ0n) is 21.0. The molecule has 11 nitrogen and oxygen atoms in total. The fourth-order valence-corrected chi connectivity index (χ4v) is 4.73. The standard InChI is InChI=1S/C28H29N7O4/c29-21(9-16-12-31-22-7-3-1-5-19(16)22)26(36)34-24(11-18-14-30-15-33-18)27(37)35-25(28(38)39)10-17-13-32-23-8-4-2-6-20(17)23/h1-8,12-15,21,24-25,31-32H,9-11,29H2,(H,30,33)(H,34,36)(H,35,37)(H,38,39). The molecule has 0 saturated heterocycles. The molecule has 0 aliphatic carbocycles. The monoisotopic (exact) mass is 527 g/mol. The number of amides is 2. The number of fused-ring (bicyclic) bond motifs is 2. The predicted octanol–water partition coefficient (Wildman–Crippen LogP) is 1.78. The Morgan fingerprint density at radius 3 is 1.97 bits per heavy atom. The van der Waals surface area contributed by atoms with Gasteiger partial charge in [0.05, 0.1) is 12.4 Å². The van der Waals surface area contributed by atoms with Crippen molar-refractivity contribution in [2.45, 2.75) is 37.4 Å². The lowest BCUT2D eigenvalue weighted by molar-refractivity contribution is -0.142. The number of hydrogen-bond acceptors (Lipinski definition) is 5. The number of para-hydroxylation sites is 2. The number of carboxylic acids is 1. The molecule has 2 amide bonds. The van der Waals surface area contributed by atoms with E-state index in [2.05, 4.69) is 30.6 Å². The fourth-order valence-electron chi connectivity index (χ4n) is 4.73. The third-order valence-corrected chi connectivity index (χ3v) is 6.78. The minimum atomic E-state index is -1.21. The Kier molecular flexibility index (Phi) is 7.41. The summed E-state index contributed by atoms with van der Waals surface area (Å²) < 4.78 is 0. The van der Waals surface area contributed by atoms with Gasteiger partial charge >= 0.3 is 5.97 Å². The lowest BCUT2D eigenvalue weighted by Crippen LogP contribution is -2.56. The van der Waals surface area contributed by atoms with E-state index in [-0.39, 0.29) is 19.3 Å². The van der Waals surface area contributed by atoms with Gasteiger partial charge in [-0.3, -0.25) is 9.59 Å². The number of aliphatic carboxylic acids is 1. The summed E-state index contributed by atoms with van der Waals surface area (Å²) in [6, 6.07) is 12.0. The largest absolute Gasteiger partial charge is 0.480 e. The summed E-state index contributed by atoms with van der Waals surface area (Å²) >= 11 is 0. The molecule has 3 aromatic heterocycles. The van der Waals surface area contributed by atoms with E-state index in [4.69, 9.17) is 5.73 Å². The summed E-state index contributed by atoms with van der Waals surface area (Å²) in [4.78, 5) is 51.7. The average Bonchev–Trinajstić information content (AvgIpc) is 3.69. The number of nitrogens with two attached hydrogens (primary N) is 1. The van der Waals surface area contributed by atoms with Gasteiger partial charge in [-0.25, -0.2) is 9.78 Å². The highest BCUT2D eigenvalue weighted by molar-refractivity contribution is 5.93. The first-order valence-corrected chi connectivity index (χ1v) is 12.6. The summed E-state index contributed by atoms with van der Waals surface area (Å²) in [5, 5.41) is 17.0. The van der Waals surface area contributed by atoms with Gasteiger partial charge in [0, 0.05) is 58.9 Å². The van der Waals surface area contributed by atoms with E-state index in [1.54, 1.807) is 12.4 Å². The molecule has 0 aliphatic heterocycles. The molecule has 0 fully saturated rings. The van der Waals surface area contributed by atoms with Gasteiger partial charge in [0.1, 0.15) is 12.1 Å². The second-order valence-electron chi connectivity index (χ2n) is 9.48. The molecule has 39 heavy (non-hydrogen) atoms. The van der Waals surface area contributed by atoms with Crippen LogP contribution < -0.4 is 16.4 Å². The number of carboxylic acid groups (broad SMARTS) is 1. The summed E-state index contributed by atoms with van der Waals surface area (Å²) in [6.45, 7) is 0. The van der Waals surface area contributed by atoms with Crippen LogP contribution in [0.4, 0.5) is 0 Å². The molecule has 3 atom stereocenters. The van der Waals surface area contributed by atoms with E-state index >= 15 is 0 Å². The Balaban J connectivity index is 1.30. The number of carbonyl (C=O) groups is 3. The van der Waals surface area contributed by atoms with Crippen molar-refractivity contribution in [3.63, 3.8) is 0 Å². The number of benzene rings is 2. The highest BCUT2D eigenvalue weighted by Gasteiger charge is 2.29. The van der Waals surface area contributed by atoms with E-state index in [0.29, 0.717) is 5.69 Å². The predicted molar refractivity (Wildman–Crippen MR) is 146 cm³/mol. The van der Waals surface area contributed by atoms with E-state index < -0.39 is 35.9 Å². The number of hydrogen-bond donors (Lipinski definition) is 7. The van der Waals surface area contributed by atoms with Gasteiger partial charge in [-0.1, -0.05) is 36.4 Å². The molecule has 2 aromatic carbocycles. The van der Waals surface area contributed by atoms with Crippen molar-refractivity contribution < 1.29 is 19.5 Å². The number of carbonyl (C=O) groups excluding carboxylic acids is 2. The van der Waals surface area contributed by atoms with Gasteiger partial charge in [0.25, 0.3) is 0 Å². The molecule has 5 aromatic rings. The van der Waals surface area contributed by atoms with Crippen LogP contribution in [-0.4, -0.2) is 61.0 Å². The maximum atomic E-state index is 13.3. The molecule has 11 heteroatoms. The molecule has 0 bridgehead atoms. The van der Waals surface area contributed by atoms with Crippen molar-refractivity contribution in [1.82, 2.24) is 30.6 Å². The van der Waals surface area contributed by atoms with Gasteiger partial charge in [-0.05, 0) is 29.7 Å². The highest BCUT2D eigenvalue weighted by atomic mass is 16.4. The number of aromatic nitrogens is 4. The number of nitrogens with zero attached hydrogens (tertiary/aromatic N) is 1. The summed E-state index contributed by atoms with van der Waals surface area (Å²) in [6.07, 6.45) is 6.96. The molecule has 5 rings (SSSR count). The number of nitrogens with one attached hydrogen (secondary N) is 5. The number of imidazole rings is 1. The van der Waals surface area contributed by atoms with Crippen molar-refractivity contribution in [2.24, 2.45) is 5.73 Å². The summed E-state index contributed by atoms with van der Waals surface area (Å²) in [7, 11) is 0. The smallest absolute Gasteiger partial charge is 0.326 e. The van der Waals surface area contributed by atoms with E-state index in [1.165, 1.54) is 6.33 Å². The summed E-state index contributed by atoms with van der Waals surface area (Å²) in [5.41, 5.74) is 10.3. The number of aromatic amines is 3. The molecular formula is C28H29N7O4. The van der Waals surface area contributed by atoms with E-state index in [9.17, 15) is 19.5 Å². The van der Waals surface area contributed by atoms with Crippen molar-refractivity contribution in [2.75, 3.05) is 0 Å². The lowest BCUT2D eigenvalue weighted by Gasteiger charge is -2.22. The number of rotatable bonds is 11. The van der Waals surface area contributed by atoms with Gasteiger partial charge < -0.3 is 36.4 Å². The van der Waals surface area contributed by atoms with Crippen LogP contribution in [0.25, 0.3) is 21.8 Å². The second kappa shape index (κ2) is 11.2. The highest BCUT2D eigenvalue weighted by Crippen LogP contribution is 2.20. The average molecular weight is 528 g/mol. The minimum absolute atomic E-state index is 0.0654. The first-order valence-electron chi connectivity index (χ1n) is 12.6. The van der Waals surface area contributed by atoms with Gasteiger partial charge in [-0.2, -0.15) is 0 Å². The molecule has 3 heterocycles. The van der Waals surface area contributed by atoms with E-state index in [1.807, 2.05) is 54.7 Å². The van der Waals surface area contributed by atoms with Crippen molar-refractivity contribution >= 4 is 39.6 Å². The van der Waals surface area contributed by atoms with Crippen LogP contribution in [0.5, 0.6) is 0 Å². The molecule has 0 radical (unpaired) electrons. The normalized spacial score (nSPS) is 13.7. The summed E-state index contributed by atoms with van der Waals surface area (Å²) in [5.74, 6) is -2.34. The van der Waals surface area contributed by atoms with Crippen LogP contribution in [0.3, 0.4) is 0 Å². The zero-order chi connectivity index (χ0) is 27.4. The third-order valence-electron chi connectivity index (χ3n) is 6.78. The van der Waals surface area contributed by atoms with Crippen LogP contribution in [0.2, 0.25) is 0 Å². The van der Waals surface area contributed by atoms with Gasteiger partial charge in [0.2, 0.25) is 11.8 Å². The Labute approximate surface area is 223 Å². The second-order valence-corrected chi connectivity index (χ2v) is 9.48. The maximum Gasteiger partial charge on any atom is 0.326 e. The lowest BCUT2D eigenvalue weighted by atomic mass is 10.0. The SMILES string of the molecule is NC(Cc1c[nH]c2ccccc12)C(=O)NC(Cc1cnc[nH]1)C(=O)NC(Cc1c[nH]c2ccccc12)C(=O)O. The molecule has 0 saturated carbocycles. The Bertz CT molecular complexity index is 1600. The van der Waals surface area contributed by atoms with Crippen molar-refractivity contribution in [3.05, 3.63) is 90.3 Å². The topological polar surface area (TPSA) is 182 Å². The maximum absolute atomic E-state index is 13.3. The van der Waals surface area contributed by atoms with Crippen LogP contribution in [-0.2, 0) is 33.6 Å². The van der Waals surface area contributed by atoms with Crippen LogP contribution >= 0.6 is 0 Å². The first-order chi connectivity index (χ1) is 18.9. The molecule has 200 valence electrons. The minimum Gasteiger partial charge on any atom is -0.480 e. The van der Waals surface area contributed by atoms with Crippen molar-refractivity contribution in [3.8, 4) is 0 Å². The van der Waals surface area contributed by atoms with Crippen LogP contribution in [0, 0.1) is 0 Å². The van der Waals surface area contributed by atoms with Crippen LogP contribution in [0.1, 0.15) is 16.8 Å². The molecule has 0 aliphatic rings. The van der Waals surface area contributed by atoms with Crippen LogP contribution in [0.15, 0.2) is 73.4 Å². The third kappa shape index (κ3) is 5.83. The Morgan fingerprint density at radius 1 is 0.795 bits per heavy atom. The Morgan fingerprint density at radius 2 is 1.38 bits per heavy atom. The van der Waals surface area contributed by atoms with E-state index in [0.717, 1.165) is 32.9 Å². The molecule has 8 N–H and O–H groups in total. The quantitative estimate of drug-likeness (QED) is 0.137. The fraction of sp³-hybridized carbons (Fsp3) is 0.214. The Hall–Kier alpha value is -4.90. The molecule has 3 unspecified atom stereocenters.